The Kier molecular flexibility index (Phi) is 4.37. The fraction of sp³-hybridized carbons (Fsp3) is 0.833. The average Bonchev–Trinajstić information content (AvgIpc) is 2.34. The molecular weight excluding hydrogens is 173 g/mol. The molecule has 1 N–H and O–H groups in total. The molecule has 3 nitrogen and oxygen atoms in total. The lowest BCUT2D eigenvalue weighted by Gasteiger charge is -2.04. The van der Waals surface area contributed by atoms with Crippen molar-refractivity contribution < 1.29 is 13.9 Å². The maximum atomic E-state index is 12.4. The van der Waals surface area contributed by atoms with Crippen molar-refractivity contribution in [2.45, 2.75) is 18.6 Å². The van der Waals surface area contributed by atoms with E-state index in [1.54, 1.807) is 0 Å². The predicted molar refractivity (Wildman–Crippen MR) is 40.6 cm³/mol. The number of ether oxygens (including phenoxy) is 1. The smallest absolute Gasteiger partial charge is 0.322 e. The number of hydrogen-bond acceptors (Lipinski definition) is 3. The SMILES string of the molecule is COC(=O)[C@@H]1C[C@H](F)CN1.Cl. The van der Waals surface area contributed by atoms with Crippen LogP contribution in [0.1, 0.15) is 6.42 Å². The van der Waals surface area contributed by atoms with E-state index >= 15 is 0 Å². The third-order valence-electron chi connectivity index (χ3n) is 1.56. The lowest BCUT2D eigenvalue weighted by Crippen LogP contribution is -2.31. The fourth-order valence-corrected chi connectivity index (χ4v) is 1.01. The van der Waals surface area contributed by atoms with Crippen molar-refractivity contribution in [1.29, 1.82) is 0 Å². The quantitative estimate of drug-likeness (QED) is 0.594. The Bertz CT molecular complexity index is 145. The molecule has 1 heterocycles. The lowest BCUT2D eigenvalue weighted by molar-refractivity contribution is -0.142. The molecule has 1 aliphatic rings. The van der Waals surface area contributed by atoms with Crippen molar-refractivity contribution in [1.82, 2.24) is 5.32 Å². The molecule has 0 aromatic rings. The Balaban J connectivity index is 0.000001000. The van der Waals surface area contributed by atoms with E-state index in [1.165, 1.54) is 7.11 Å². The molecular formula is C6H11ClFNO2. The van der Waals surface area contributed by atoms with Crippen molar-refractivity contribution >= 4 is 18.4 Å². The van der Waals surface area contributed by atoms with E-state index in [9.17, 15) is 9.18 Å². The van der Waals surface area contributed by atoms with Gasteiger partial charge in [-0.05, 0) is 0 Å². The highest BCUT2D eigenvalue weighted by atomic mass is 35.5. The van der Waals surface area contributed by atoms with Gasteiger partial charge >= 0.3 is 5.97 Å². The van der Waals surface area contributed by atoms with Gasteiger partial charge in [0.1, 0.15) is 12.2 Å². The number of rotatable bonds is 1. The number of carbonyl (C=O) groups excluding carboxylic acids is 1. The van der Waals surface area contributed by atoms with Crippen LogP contribution in [-0.2, 0) is 9.53 Å². The second-order valence-electron chi connectivity index (χ2n) is 2.32. The highest BCUT2D eigenvalue weighted by Crippen LogP contribution is 2.10. The fourth-order valence-electron chi connectivity index (χ4n) is 1.01. The van der Waals surface area contributed by atoms with Gasteiger partial charge in [-0.2, -0.15) is 0 Å². The van der Waals surface area contributed by atoms with E-state index in [1.807, 2.05) is 0 Å². The van der Waals surface area contributed by atoms with Crippen molar-refractivity contribution in [3.05, 3.63) is 0 Å². The second-order valence-corrected chi connectivity index (χ2v) is 2.32. The van der Waals surface area contributed by atoms with Crippen LogP contribution in [0.4, 0.5) is 4.39 Å². The van der Waals surface area contributed by atoms with E-state index in [4.69, 9.17) is 0 Å². The minimum absolute atomic E-state index is 0. The molecule has 0 aromatic carbocycles. The van der Waals surface area contributed by atoms with Crippen molar-refractivity contribution in [3.8, 4) is 0 Å². The number of methoxy groups -OCH3 is 1. The molecule has 0 radical (unpaired) electrons. The monoisotopic (exact) mass is 183 g/mol. The molecule has 0 aromatic heterocycles. The molecule has 2 atom stereocenters. The van der Waals surface area contributed by atoms with Crippen LogP contribution in [0.5, 0.6) is 0 Å². The lowest BCUT2D eigenvalue weighted by atomic mass is 10.2. The molecule has 0 bridgehead atoms. The zero-order chi connectivity index (χ0) is 7.56. The minimum Gasteiger partial charge on any atom is -0.468 e. The number of esters is 1. The largest absolute Gasteiger partial charge is 0.468 e. The second kappa shape index (κ2) is 4.51. The van der Waals surface area contributed by atoms with Gasteiger partial charge in [-0.3, -0.25) is 4.79 Å². The normalized spacial score (nSPS) is 29.3. The summed E-state index contributed by atoms with van der Waals surface area (Å²) in [6, 6.07) is -0.431. The van der Waals surface area contributed by atoms with Gasteiger partial charge in [0.25, 0.3) is 0 Å². The Morgan fingerprint density at radius 1 is 1.73 bits per heavy atom. The Labute approximate surface area is 70.7 Å². The summed E-state index contributed by atoms with van der Waals surface area (Å²) in [6.45, 7) is 0.264. The number of halogens is 2. The first kappa shape index (κ1) is 10.7. The van der Waals surface area contributed by atoms with Crippen molar-refractivity contribution in [2.24, 2.45) is 0 Å². The van der Waals surface area contributed by atoms with Crippen LogP contribution in [-0.4, -0.2) is 31.8 Å². The van der Waals surface area contributed by atoms with Crippen molar-refractivity contribution in [2.75, 3.05) is 13.7 Å². The third kappa shape index (κ3) is 2.63. The Morgan fingerprint density at radius 2 is 2.36 bits per heavy atom. The Hall–Kier alpha value is -0.350. The molecule has 66 valence electrons. The molecule has 0 saturated carbocycles. The van der Waals surface area contributed by atoms with E-state index in [-0.39, 0.29) is 31.3 Å². The van der Waals surface area contributed by atoms with Gasteiger partial charge < -0.3 is 10.1 Å². The summed E-state index contributed by atoms with van der Waals surface area (Å²) < 4.78 is 16.8. The number of nitrogens with one attached hydrogen (secondary N) is 1. The van der Waals surface area contributed by atoms with E-state index in [2.05, 4.69) is 10.1 Å². The average molecular weight is 184 g/mol. The summed E-state index contributed by atoms with van der Waals surface area (Å²) >= 11 is 0. The van der Waals surface area contributed by atoms with Crippen LogP contribution in [0.15, 0.2) is 0 Å². The van der Waals surface area contributed by atoms with Crippen LogP contribution in [0.2, 0.25) is 0 Å². The first-order chi connectivity index (χ1) is 4.74. The first-order valence-electron chi connectivity index (χ1n) is 3.19. The van der Waals surface area contributed by atoms with Gasteiger partial charge in [0, 0.05) is 13.0 Å². The molecule has 1 aliphatic heterocycles. The molecule has 11 heavy (non-hydrogen) atoms. The van der Waals surface area contributed by atoms with E-state index in [0.717, 1.165) is 0 Å². The van der Waals surface area contributed by atoms with Gasteiger partial charge in [-0.15, -0.1) is 12.4 Å². The summed E-state index contributed by atoms with van der Waals surface area (Å²) in [5, 5.41) is 2.71. The highest BCUT2D eigenvalue weighted by molar-refractivity contribution is 5.85. The molecule has 1 saturated heterocycles. The third-order valence-corrected chi connectivity index (χ3v) is 1.56. The predicted octanol–water partition coefficient (Wildman–Crippen LogP) is 0.281. The summed E-state index contributed by atoms with van der Waals surface area (Å²) in [4.78, 5) is 10.7. The number of hydrogen-bond donors (Lipinski definition) is 1. The van der Waals surface area contributed by atoms with E-state index in [0.29, 0.717) is 0 Å². The van der Waals surface area contributed by atoms with Crippen LogP contribution in [0.3, 0.4) is 0 Å². The number of alkyl halides is 1. The van der Waals surface area contributed by atoms with Gasteiger partial charge in [0.2, 0.25) is 0 Å². The van der Waals surface area contributed by atoms with Gasteiger partial charge in [-0.25, -0.2) is 4.39 Å². The highest BCUT2D eigenvalue weighted by Gasteiger charge is 2.29. The van der Waals surface area contributed by atoms with E-state index < -0.39 is 12.2 Å². The zero-order valence-corrected chi connectivity index (χ0v) is 6.99. The van der Waals surface area contributed by atoms with Gasteiger partial charge in [-0.1, -0.05) is 0 Å². The molecule has 5 heteroatoms. The maximum Gasteiger partial charge on any atom is 0.322 e. The number of carbonyl (C=O) groups is 1. The summed E-state index contributed by atoms with van der Waals surface area (Å²) in [7, 11) is 1.30. The van der Waals surface area contributed by atoms with Gasteiger partial charge in [0.15, 0.2) is 0 Å². The van der Waals surface area contributed by atoms with Crippen LogP contribution in [0.25, 0.3) is 0 Å². The molecule has 1 rings (SSSR count). The standard InChI is InChI=1S/C6H10FNO2.ClH/c1-10-6(9)5-2-4(7)3-8-5;/h4-5,8H,2-3H2,1H3;1H/t4-,5-;/m0./s1. The molecule has 1 fully saturated rings. The molecule has 0 unspecified atom stereocenters. The molecule has 0 amide bonds. The summed E-state index contributed by atoms with van der Waals surface area (Å²) in [5.74, 6) is -0.375. The summed E-state index contributed by atoms with van der Waals surface area (Å²) in [6.07, 6.45) is -0.656. The van der Waals surface area contributed by atoms with Crippen LogP contribution < -0.4 is 5.32 Å². The molecule has 0 aliphatic carbocycles. The van der Waals surface area contributed by atoms with Crippen LogP contribution in [0, 0.1) is 0 Å². The summed E-state index contributed by atoms with van der Waals surface area (Å²) in [5.41, 5.74) is 0. The molecule has 0 spiro atoms. The van der Waals surface area contributed by atoms with Gasteiger partial charge in [0.05, 0.1) is 7.11 Å². The van der Waals surface area contributed by atoms with Crippen molar-refractivity contribution in [3.63, 3.8) is 0 Å². The topological polar surface area (TPSA) is 38.3 Å². The Morgan fingerprint density at radius 3 is 2.73 bits per heavy atom. The maximum absolute atomic E-state index is 12.4. The first-order valence-corrected chi connectivity index (χ1v) is 3.19. The van der Waals surface area contributed by atoms with Crippen LogP contribution >= 0.6 is 12.4 Å². The zero-order valence-electron chi connectivity index (χ0n) is 6.17. The minimum atomic E-state index is -0.899.